The fraction of sp³-hybridized carbons (Fsp3) is 0.400. The van der Waals surface area contributed by atoms with Gasteiger partial charge in [-0.3, -0.25) is 34.2 Å². The smallest absolute Gasteiger partial charge is 0.264 e. The molecule has 13 nitrogen and oxygen atoms in total. The van der Waals surface area contributed by atoms with Gasteiger partial charge in [0.1, 0.15) is 23.9 Å². The number of carbonyl (C=O) groups is 5. The molecule has 5 amide bonds. The third-order valence-corrected chi connectivity index (χ3v) is 7.82. The van der Waals surface area contributed by atoms with Crippen LogP contribution in [-0.4, -0.2) is 90.7 Å². The second-order valence-electron chi connectivity index (χ2n) is 10.8. The number of imide groups is 2. The fourth-order valence-electron chi connectivity index (χ4n) is 5.25. The summed E-state index contributed by atoms with van der Waals surface area (Å²) in [6.07, 6.45) is 0.163. The number of hydrogen-bond donors (Lipinski definition) is 3. The summed E-state index contributed by atoms with van der Waals surface area (Å²) >= 11 is 5.29. The van der Waals surface area contributed by atoms with Gasteiger partial charge in [-0.15, -0.1) is 0 Å². The van der Waals surface area contributed by atoms with Crippen LogP contribution in [0.5, 0.6) is 5.75 Å². The zero-order chi connectivity index (χ0) is 31.4. The highest BCUT2D eigenvalue weighted by Gasteiger charge is 2.46. The van der Waals surface area contributed by atoms with E-state index < -0.39 is 35.2 Å². The average Bonchev–Trinajstić information content (AvgIpc) is 3.36. The van der Waals surface area contributed by atoms with Crippen molar-refractivity contribution in [1.29, 1.82) is 0 Å². The highest BCUT2D eigenvalue weighted by atomic mass is 32.1. The van der Waals surface area contributed by atoms with Crippen molar-refractivity contribution in [1.82, 2.24) is 15.5 Å². The van der Waals surface area contributed by atoms with Crippen LogP contribution in [0, 0.1) is 0 Å². The average molecular weight is 624 g/mol. The summed E-state index contributed by atoms with van der Waals surface area (Å²) in [5, 5.41) is 8.38. The molecule has 3 aliphatic rings. The molecule has 2 aromatic carbocycles. The Bertz CT molecular complexity index is 1490. The molecule has 2 fully saturated rings. The Kier molecular flexibility index (Phi) is 9.22. The van der Waals surface area contributed by atoms with Crippen LogP contribution in [0.4, 0.5) is 11.4 Å². The molecule has 232 valence electrons. The SMILES string of the molecule is CC1(C)C(=O)NC(=S)N1c1ccc(OCCOCCOCCNc2cccc3c2C(=O)N(C2CCC(=O)NC2=O)C3=O)cc1. The van der Waals surface area contributed by atoms with E-state index in [0.717, 1.165) is 10.6 Å². The maximum atomic E-state index is 13.1. The second kappa shape index (κ2) is 13.1. The number of hydrogen-bond acceptors (Lipinski definition) is 10. The van der Waals surface area contributed by atoms with E-state index in [1.807, 2.05) is 38.1 Å². The molecule has 1 atom stereocenters. The lowest BCUT2D eigenvalue weighted by Crippen LogP contribution is -2.54. The standard InChI is InChI=1S/C30H33N5O8S/c1-30(2)28(40)33-29(44)35(30)18-6-8-19(9-7-18)43-17-16-42-15-14-41-13-12-31-21-5-3-4-20-24(21)27(39)34(26(20)38)22-10-11-23(36)32-25(22)37/h3-9,22,31H,10-17H2,1-2H3,(H,32,36,37)(H,33,40,44). The van der Waals surface area contributed by atoms with Crippen LogP contribution in [-0.2, 0) is 23.9 Å². The highest BCUT2D eigenvalue weighted by Crippen LogP contribution is 2.32. The van der Waals surface area contributed by atoms with Crippen molar-refractivity contribution in [2.75, 3.05) is 49.8 Å². The molecule has 0 bridgehead atoms. The van der Waals surface area contributed by atoms with Crippen LogP contribution in [0.1, 0.15) is 47.4 Å². The number of anilines is 2. The van der Waals surface area contributed by atoms with Crippen molar-refractivity contribution in [2.45, 2.75) is 38.3 Å². The van der Waals surface area contributed by atoms with Gasteiger partial charge < -0.3 is 29.7 Å². The molecule has 0 saturated carbocycles. The Labute approximate surface area is 259 Å². The van der Waals surface area contributed by atoms with Crippen molar-refractivity contribution in [2.24, 2.45) is 0 Å². The van der Waals surface area contributed by atoms with Crippen molar-refractivity contribution in [3.63, 3.8) is 0 Å². The van der Waals surface area contributed by atoms with Crippen LogP contribution in [0.2, 0.25) is 0 Å². The molecule has 0 aliphatic carbocycles. The van der Waals surface area contributed by atoms with E-state index in [1.54, 1.807) is 23.1 Å². The van der Waals surface area contributed by atoms with Crippen molar-refractivity contribution in [3.05, 3.63) is 53.6 Å². The summed E-state index contributed by atoms with van der Waals surface area (Å²) in [6.45, 7) is 5.73. The van der Waals surface area contributed by atoms with Gasteiger partial charge in [0.25, 0.3) is 17.7 Å². The molecule has 3 aliphatic heterocycles. The van der Waals surface area contributed by atoms with Gasteiger partial charge in [-0.1, -0.05) is 6.07 Å². The molecule has 2 aromatic rings. The van der Waals surface area contributed by atoms with Crippen LogP contribution in [0.15, 0.2) is 42.5 Å². The van der Waals surface area contributed by atoms with Gasteiger partial charge >= 0.3 is 0 Å². The van der Waals surface area contributed by atoms with Crippen LogP contribution in [0.25, 0.3) is 0 Å². The molecule has 1 unspecified atom stereocenters. The molecule has 2 saturated heterocycles. The summed E-state index contributed by atoms with van der Waals surface area (Å²) in [5.74, 6) is -1.67. The Hall–Kier alpha value is -4.40. The van der Waals surface area contributed by atoms with E-state index in [1.165, 1.54) is 0 Å². The van der Waals surface area contributed by atoms with Gasteiger partial charge in [-0.05, 0) is 68.9 Å². The van der Waals surface area contributed by atoms with E-state index in [4.69, 9.17) is 26.4 Å². The Morgan fingerprint density at radius 3 is 2.30 bits per heavy atom. The number of carbonyl (C=O) groups excluding carboxylic acids is 5. The van der Waals surface area contributed by atoms with E-state index in [9.17, 15) is 24.0 Å². The fourth-order valence-corrected chi connectivity index (χ4v) is 5.68. The van der Waals surface area contributed by atoms with Gasteiger partial charge in [-0.2, -0.15) is 0 Å². The number of nitrogens with zero attached hydrogens (tertiary/aromatic N) is 2. The number of ether oxygens (including phenoxy) is 3. The second-order valence-corrected chi connectivity index (χ2v) is 11.2. The number of piperidine rings is 1. The van der Waals surface area contributed by atoms with E-state index in [0.29, 0.717) is 56.1 Å². The summed E-state index contributed by atoms with van der Waals surface area (Å²) in [4.78, 5) is 64.7. The van der Waals surface area contributed by atoms with Crippen LogP contribution >= 0.6 is 12.2 Å². The van der Waals surface area contributed by atoms with Crippen molar-refractivity contribution >= 4 is 58.2 Å². The minimum absolute atomic E-state index is 0.0629. The number of benzene rings is 2. The molecular weight excluding hydrogens is 590 g/mol. The van der Waals surface area contributed by atoms with Gasteiger partial charge in [0.15, 0.2) is 5.11 Å². The normalized spacial score (nSPS) is 19.3. The third kappa shape index (κ3) is 6.27. The summed E-state index contributed by atoms with van der Waals surface area (Å²) in [6, 6.07) is 11.2. The summed E-state index contributed by atoms with van der Waals surface area (Å²) < 4.78 is 16.9. The first-order chi connectivity index (χ1) is 21.1. The topological polar surface area (TPSA) is 156 Å². The minimum Gasteiger partial charge on any atom is -0.491 e. The predicted octanol–water partition coefficient (Wildman–Crippen LogP) is 1.61. The molecule has 0 spiro atoms. The van der Waals surface area contributed by atoms with Gasteiger partial charge in [0, 0.05) is 24.3 Å². The highest BCUT2D eigenvalue weighted by molar-refractivity contribution is 7.80. The molecule has 44 heavy (non-hydrogen) atoms. The lowest BCUT2D eigenvalue weighted by molar-refractivity contribution is -0.136. The van der Waals surface area contributed by atoms with Crippen LogP contribution in [0.3, 0.4) is 0 Å². The van der Waals surface area contributed by atoms with Gasteiger partial charge in [-0.25, -0.2) is 0 Å². The molecule has 0 aromatic heterocycles. The van der Waals surface area contributed by atoms with E-state index in [2.05, 4.69) is 16.0 Å². The number of thiocarbonyl (C=S) groups is 1. The number of nitrogens with one attached hydrogen (secondary N) is 3. The van der Waals surface area contributed by atoms with Crippen molar-refractivity contribution in [3.8, 4) is 5.75 Å². The zero-order valence-electron chi connectivity index (χ0n) is 24.3. The Morgan fingerprint density at radius 2 is 1.61 bits per heavy atom. The quantitative estimate of drug-likeness (QED) is 0.169. The first-order valence-corrected chi connectivity index (χ1v) is 14.6. The molecule has 3 N–H and O–H groups in total. The number of fused-ring (bicyclic) bond motifs is 1. The zero-order valence-corrected chi connectivity index (χ0v) is 25.2. The first kappa shape index (κ1) is 31.0. The summed E-state index contributed by atoms with van der Waals surface area (Å²) in [5.41, 5.74) is 0.909. The number of rotatable bonds is 13. The predicted molar refractivity (Wildman–Crippen MR) is 162 cm³/mol. The molecule has 3 heterocycles. The maximum Gasteiger partial charge on any atom is 0.264 e. The minimum atomic E-state index is -1.01. The van der Waals surface area contributed by atoms with Crippen LogP contribution < -0.4 is 25.6 Å². The maximum absolute atomic E-state index is 13.1. The molecule has 14 heteroatoms. The van der Waals surface area contributed by atoms with Gasteiger partial charge in [0.05, 0.1) is 37.6 Å². The first-order valence-electron chi connectivity index (χ1n) is 14.2. The lowest BCUT2D eigenvalue weighted by Gasteiger charge is -2.29. The van der Waals surface area contributed by atoms with E-state index in [-0.39, 0.29) is 29.9 Å². The van der Waals surface area contributed by atoms with E-state index >= 15 is 0 Å². The Balaban J connectivity index is 0.983. The molecular formula is C30H33N5O8S. The summed E-state index contributed by atoms with van der Waals surface area (Å²) in [7, 11) is 0. The van der Waals surface area contributed by atoms with Crippen molar-refractivity contribution < 1.29 is 38.2 Å². The largest absolute Gasteiger partial charge is 0.491 e. The molecule has 0 radical (unpaired) electrons. The molecule has 5 rings (SSSR count). The third-order valence-electron chi connectivity index (χ3n) is 7.53. The monoisotopic (exact) mass is 623 g/mol. The Morgan fingerprint density at radius 1 is 0.909 bits per heavy atom. The van der Waals surface area contributed by atoms with Gasteiger partial charge in [0.2, 0.25) is 11.8 Å². The lowest BCUT2D eigenvalue weighted by atomic mass is 10.0. The number of amides is 5.